The monoisotopic (exact) mass is 431 g/mol. The number of hydrogen-bond acceptors (Lipinski definition) is 8. The summed E-state index contributed by atoms with van der Waals surface area (Å²) in [7, 11) is 4.99. The Morgan fingerprint density at radius 3 is 2.71 bits per heavy atom. The van der Waals surface area contributed by atoms with Gasteiger partial charge in [0.25, 0.3) is 5.56 Å². The summed E-state index contributed by atoms with van der Waals surface area (Å²) in [4.78, 5) is 21.7. The third-order valence-electron chi connectivity index (χ3n) is 4.18. The molecule has 0 saturated heterocycles. The lowest BCUT2D eigenvalue weighted by atomic mass is 10.2. The summed E-state index contributed by atoms with van der Waals surface area (Å²) >= 11 is 4.51. The number of ether oxygens (including phenoxy) is 2. The SMILES string of the molecule is COc1ccc(-c2nc(CSc3nc4ccsc4c(=O)n3C)cs2)cc1OC. The van der Waals surface area contributed by atoms with E-state index in [2.05, 4.69) is 4.98 Å². The topological polar surface area (TPSA) is 66.2 Å². The number of thioether (sulfide) groups is 1. The van der Waals surface area contributed by atoms with Crippen molar-refractivity contribution in [1.29, 1.82) is 0 Å². The largest absolute Gasteiger partial charge is 0.493 e. The highest BCUT2D eigenvalue weighted by atomic mass is 32.2. The van der Waals surface area contributed by atoms with Crippen LogP contribution in [0.15, 0.2) is 45.0 Å². The Morgan fingerprint density at radius 2 is 1.93 bits per heavy atom. The molecule has 0 aliphatic rings. The van der Waals surface area contributed by atoms with Gasteiger partial charge in [0, 0.05) is 23.7 Å². The van der Waals surface area contributed by atoms with Crippen LogP contribution < -0.4 is 15.0 Å². The van der Waals surface area contributed by atoms with E-state index in [0.717, 1.165) is 21.8 Å². The Morgan fingerprint density at radius 1 is 1.11 bits per heavy atom. The van der Waals surface area contributed by atoms with Gasteiger partial charge in [-0.1, -0.05) is 11.8 Å². The van der Waals surface area contributed by atoms with Crippen molar-refractivity contribution in [3.63, 3.8) is 0 Å². The highest BCUT2D eigenvalue weighted by Crippen LogP contribution is 2.34. The van der Waals surface area contributed by atoms with Crippen LogP contribution in [0.5, 0.6) is 11.5 Å². The summed E-state index contributed by atoms with van der Waals surface area (Å²) in [6.07, 6.45) is 0. The molecule has 0 radical (unpaired) electrons. The molecule has 6 nitrogen and oxygen atoms in total. The second-order valence-corrected chi connectivity index (χ2v) is 8.61. The molecule has 0 fully saturated rings. The van der Waals surface area contributed by atoms with Gasteiger partial charge in [0.1, 0.15) is 9.71 Å². The van der Waals surface area contributed by atoms with E-state index in [1.165, 1.54) is 23.1 Å². The summed E-state index contributed by atoms with van der Waals surface area (Å²) in [5.74, 6) is 2.00. The molecule has 0 bridgehead atoms. The van der Waals surface area contributed by atoms with Crippen LogP contribution >= 0.6 is 34.4 Å². The van der Waals surface area contributed by atoms with Crippen molar-refractivity contribution in [2.75, 3.05) is 14.2 Å². The average molecular weight is 432 g/mol. The van der Waals surface area contributed by atoms with Crippen LogP contribution in [0.1, 0.15) is 5.69 Å². The van der Waals surface area contributed by atoms with Gasteiger partial charge in [0.15, 0.2) is 16.7 Å². The van der Waals surface area contributed by atoms with Gasteiger partial charge in [-0.15, -0.1) is 22.7 Å². The Hall–Kier alpha value is -2.36. The zero-order valence-corrected chi connectivity index (χ0v) is 17.9. The number of thiazole rings is 1. The van der Waals surface area contributed by atoms with Crippen molar-refractivity contribution < 1.29 is 9.47 Å². The minimum Gasteiger partial charge on any atom is -0.493 e. The van der Waals surface area contributed by atoms with Crippen LogP contribution in [0.4, 0.5) is 0 Å². The van der Waals surface area contributed by atoms with Crippen molar-refractivity contribution in [2.24, 2.45) is 7.05 Å². The molecular formula is C19H17N3O3S3. The van der Waals surface area contributed by atoms with Gasteiger partial charge in [-0.3, -0.25) is 9.36 Å². The van der Waals surface area contributed by atoms with E-state index in [4.69, 9.17) is 14.5 Å². The molecule has 0 aliphatic carbocycles. The predicted molar refractivity (Wildman–Crippen MR) is 115 cm³/mol. The number of fused-ring (bicyclic) bond motifs is 1. The second kappa shape index (κ2) is 7.94. The molecule has 0 spiro atoms. The molecule has 0 saturated carbocycles. The number of thiophene rings is 1. The van der Waals surface area contributed by atoms with Gasteiger partial charge in [0.05, 0.1) is 25.4 Å². The van der Waals surface area contributed by atoms with E-state index in [9.17, 15) is 4.79 Å². The lowest BCUT2D eigenvalue weighted by Gasteiger charge is -2.08. The lowest BCUT2D eigenvalue weighted by Crippen LogP contribution is -2.18. The molecule has 0 aliphatic heterocycles. The van der Waals surface area contributed by atoms with Gasteiger partial charge in [-0.25, -0.2) is 9.97 Å². The average Bonchev–Trinajstić information content (AvgIpc) is 3.38. The fraction of sp³-hybridized carbons (Fsp3) is 0.211. The van der Waals surface area contributed by atoms with Crippen molar-refractivity contribution in [1.82, 2.24) is 14.5 Å². The first-order chi connectivity index (χ1) is 13.6. The van der Waals surface area contributed by atoms with E-state index >= 15 is 0 Å². The molecule has 0 atom stereocenters. The fourth-order valence-electron chi connectivity index (χ4n) is 2.71. The zero-order chi connectivity index (χ0) is 19.7. The van der Waals surface area contributed by atoms with Crippen molar-refractivity contribution in [2.45, 2.75) is 10.9 Å². The van der Waals surface area contributed by atoms with Crippen LogP contribution in [0.25, 0.3) is 20.8 Å². The molecule has 9 heteroatoms. The van der Waals surface area contributed by atoms with Gasteiger partial charge >= 0.3 is 0 Å². The summed E-state index contributed by atoms with van der Waals surface area (Å²) in [6.45, 7) is 0. The summed E-state index contributed by atoms with van der Waals surface area (Å²) < 4.78 is 13.0. The number of nitrogens with zero attached hydrogens (tertiary/aromatic N) is 3. The number of methoxy groups -OCH3 is 2. The molecule has 0 N–H and O–H groups in total. The van der Waals surface area contributed by atoms with Crippen LogP contribution in [0.3, 0.4) is 0 Å². The van der Waals surface area contributed by atoms with Crippen molar-refractivity contribution in [3.8, 4) is 22.1 Å². The second-order valence-electron chi connectivity index (χ2n) is 5.90. The third kappa shape index (κ3) is 3.52. The van der Waals surface area contributed by atoms with E-state index < -0.39 is 0 Å². The first kappa shape index (κ1) is 19.0. The van der Waals surface area contributed by atoms with Crippen LogP contribution in [-0.2, 0) is 12.8 Å². The van der Waals surface area contributed by atoms with E-state index in [1.54, 1.807) is 37.2 Å². The molecule has 0 unspecified atom stereocenters. The van der Waals surface area contributed by atoms with Gasteiger partial charge in [-0.2, -0.15) is 0 Å². The van der Waals surface area contributed by atoms with E-state index in [0.29, 0.717) is 27.1 Å². The fourth-order valence-corrected chi connectivity index (χ4v) is 5.30. The molecule has 28 heavy (non-hydrogen) atoms. The predicted octanol–water partition coefficient (Wildman–Crippen LogP) is 4.43. The maximum atomic E-state index is 12.4. The Labute approximate surface area is 173 Å². The molecule has 4 aromatic rings. The first-order valence-corrected chi connectivity index (χ1v) is 11.1. The number of benzene rings is 1. The normalized spacial score (nSPS) is 11.1. The van der Waals surface area contributed by atoms with E-state index in [1.807, 2.05) is 35.0 Å². The maximum absolute atomic E-state index is 12.4. The number of rotatable bonds is 6. The molecule has 4 rings (SSSR count). The first-order valence-electron chi connectivity index (χ1n) is 8.34. The quantitative estimate of drug-likeness (QED) is 0.332. The highest BCUT2D eigenvalue weighted by Gasteiger charge is 2.13. The van der Waals surface area contributed by atoms with Gasteiger partial charge in [-0.05, 0) is 29.6 Å². The Balaban J connectivity index is 1.55. The Kier molecular flexibility index (Phi) is 5.38. The number of hydrogen-bond donors (Lipinski definition) is 0. The highest BCUT2D eigenvalue weighted by molar-refractivity contribution is 7.98. The molecule has 3 heterocycles. The maximum Gasteiger partial charge on any atom is 0.271 e. The van der Waals surface area contributed by atoms with Crippen LogP contribution in [-0.4, -0.2) is 28.8 Å². The van der Waals surface area contributed by atoms with Gasteiger partial charge < -0.3 is 9.47 Å². The zero-order valence-electron chi connectivity index (χ0n) is 15.5. The molecule has 144 valence electrons. The summed E-state index contributed by atoms with van der Waals surface area (Å²) in [6, 6.07) is 7.64. The van der Waals surface area contributed by atoms with Crippen molar-refractivity contribution in [3.05, 3.63) is 51.1 Å². The van der Waals surface area contributed by atoms with Crippen molar-refractivity contribution >= 4 is 44.7 Å². The van der Waals surface area contributed by atoms with Gasteiger partial charge in [0.2, 0.25) is 0 Å². The Bertz CT molecular complexity index is 1200. The molecule has 3 aromatic heterocycles. The number of aromatic nitrogens is 3. The summed E-state index contributed by atoms with van der Waals surface area (Å²) in [5.41, 5.74) is 2.66. The van der Waals surface area contributed by atoms with Crippen LogP contribution in [0, 0.1) is 0 Å². The summed E-state index contributed by atoms with van der Waals surface area (Å²) in [5, 5.41) is 5.52. The molecule has 1 aromatic carbocycles. The molecular weight excluding hydrogens is 414 g/mol. The minimum absolute atomic E-state index is 0.00760. The minimum atomic E-state index is -0.00760. The standard InChI is InChI=1S/C19H17N3O3S3/c1-22-18(23)16-13(6-7-26-16)21-19(22)28-10-12-9-27-17(20-12)11-4-5-14(24-2)15(8-11)25-3/h4-9H,10H2,1-3H3. The third-order valence-corrected chi connectivity index (χ3v) is 7.07. The molecule has 0 amide bonds. The van der Waals surface area contributed by atoms with Crippen LogP contribution in [0.2, 0.25) is 0 Å². The van der Waals surface area contributed by atoms with E-state index in [-0.39, 0.29) is 5.56 Å². The lowest BCUT2D eigenvalue weighted by molar-refractivity contribution is 0.355. The smallest absolute Gasteiger partial charge is 0.271 e.